The summed E-state index contributed by atoms with van der Waals surface area (Å²) in [5.41, 5.74) is 0.761. The van der Waals surface area contributed by atoms with Crippen molar-refractivity contribution < 1.29 is 17.9 Å². The number of rotatable bonds is 3. The molecule has 162 valence electrons. The van der Waals surface area contributed by atoms with E-state index in [1.165, 1.54) is 7.11 Å². The van der Waals surface area contributed by atoms with Gasteiger partial charge >= 0.3 is 5.97 Å². The zero-order valence-corrected chi connectivity index (χ0v) is 17.7. The summed E-state index contributed by atoms with van der Waals surface area (Å²) in [5, 5.41) is 8.57. The molecule has 12 heteroatoms. The van der Waals surface area contributed by atoms with Gasteiger partial charge in [0, 0.05) is 31.3 Å². The molecule has 0 amide bonds. The van der Waals surface area contributed by atoms with Crippen LogP contribution in [0.3, 0.4) is 0 Å². The third-order valence-electron chi connectivity index (χ3n) is 6.24. The number of carbonyl (C=O) groups is 1. The maximum Gasteiger partial charge on any atom is 0.328 e. The van der Waals surface area contributed by atoms with E-state index in [-0.39, 0.29) is 22.9 Å². The van der Waals surface area contributed by atoms with Gasteiger partial charge in [-0.15, -0.1) is 10.2 Å². The Morgan fingerprint density at radius 1 is 1.16 bits per heavy atom. The number of methoxy groups -OCH3 is 1. The second kappa shape index (κ2) is 7.22. The average Bonchev–Trinajstić information content (AvgIpc) is 3.39. The first-order valence-electron chi connectivity index (χ1n) is 9.92. The third kappa shape index (κ3) is 3.40. The van der Waals surface area contributed by atoms with Crippen LogP contribution < -0.4 is 4.90 Å². The summed E-state index contributed by atoms with van der Waals surface area (Å²) in [6, 6.07) is -0.568. The first-order valence-corrected chi connectivity index (χ1v) is 11.7. The van der Waals surface area contributed by atoms with Gasteiger partial charge in [-0.25, -0.2) is 23.2 Å². The van der Waals surface area contributed by atoms with Crippen molar-refractivity contribution in [2.24, 2.45) is 5.41 Å². The van der Waals surface area contributed by atoms with Crippen LogP contribution in [0.4, 0.5) is 5.82 Å². The first kappa shape index (κ1) is 19.8. The molecule has 3 aromatic rings. The van der Waals surface area contributed by atoms with Gasteiger partial charge < -0.3 is 9.64 Å². The smallest absolute Gasteiger partial charge is 0.328 e. The Morgan fingerprint density at radius 2 is 1.97 bits per heavy atom. The van der Waals surface area contributed by atoms with Crippen LogP contribution in [0.5, 0.6) is 0 Å². The van der Waals surface area contributed by atoms with E-state index >= 15 is 0 Å². The molecule has 5 heterocycles. The van der Waals surface area contributed by atoms with Crippen molar-refractivity contribution in [2.45, 2.75) is 25.3 Å². The molecule has 5 rings (SSSR count). The van der Waals surface area contributed by atoms with Gasteiger partial charge in [-0.3, -0.25) is 9.38 Å². The zero-order chi connectivity index (χ0) is 21.6. The Kier molecular flexibility index (Phi) is 4.61. The normalized spacial score (nSPS) is 22.1. The number of carbonyl (C=O) groups excluding carboxylic acids is 1. The largest absolute Gasteiger partial charge is 0.467 e. The molecule has 1 spiro atoms. The van der Waals surface area contributed by atoms with Crippen molar-refractivity contribution in [3.8, 4) is 11.5 Å². The molecule has 2 fully saturated rings. The summed E-state index contributed by atoms with van der Waals surface area (Å²) in [4.78, 5) is 27.4. The highest BCUT2D eigenvalue weighted by molar-refractivity contribution is 7.91. The van der Waals surface area contributed by atoms with Gasteiger partial charge in [0.15, 0.2) is 11.6 Å². The van der Waals surface area contributed by atoms with E-state index in [1.54, 1.807) is 35.4 Å². The molecule has 0 radical (unpaired) electrons. The highest BCUT2D eigenvalue weighted by Gasteiger charge is 2.50. The van der Waals surface area contributed by atoms with Gasteiger partial charge in [-0.2, -0.15) is 0 Å². The van der Waals surface area contributed by atoms with E-state index in [1.807, 2.05) is 4.90 Å². The standard InChI is InChI=1S/C19H21N7O4S/c1-30-18(27)14-10-19(2-8-31(28,29)9-3-19)12-26(14)16-17-24-23-15(25(17)7-6-22-16)13-11-20-4-5-21-13/h4-7,11,14H,2-3,8-10,12H2,1H3. The Morgan fingerprint density at radius 3 is 2.68 bits per heavy atom. The van der Waals surface area contributed by atoms with Crippen molar-refractivity contribution in [1.29, 1.82) is 0 Å². The lowest BCUT2D eigenvalue weighted by atomic mass is 9.80. The number of ether oxygens (including phenoxy) is 1. The number of aromatic nitrogens is 6. The molecule has 2 aliphatic rings. The molecule has 1 atom stereocenters. The minimum Gasteiger partial charge on any atom is -0.467 e. The van der Waals surface area contributed by atoms with Crippen LogP contribution in [-0.2, 0) is 19.4 Å². The highest BCUT2D eigenvalue weighted by Crippen LogP contribution is 2.46. The minimum absolute atomic E-state index is 0.133. The molecule has 2 aliphatic heterocycles. The Balaban J connectivity index is 1.56. The Hall–Kier alpha value is -3.15. The predicted molar refractivity (Wildman–Crippen MR) is 110 cm³/mol. The molecular formula is C19H21N7O4S. The van der Waals surface area contributed by atoms with E-state index in [0.29, 0.717) is 48.8 Å². The fourth-order valence-corrected chi connectivity index (χ4v) is 6.26. The molecule has 0 aromatic carbocycles. The maximum atomic E-state index is 12.6. The summed E-state index contributed by atoms with van der Waals surface area (Å²) in [6.45, 7) is 0.502. The van der Waals surface area contributed by atoms with E-state index in [2.05, 4.69) is 25.1 Å². The van der Waals surface area contributed by atoms with Crippen molar-refractivity contribution in [3.63, 3.8) is 0 Å². The SMILES string of the molecule is COC(=O)C1CC2(CCS(=O)(=O)CC2)CN1c1nccn2c(-c3cnccn3)nnc12. The summed E-state index contributed by atoms with van der Waals surface area (Å²) in [5.74, 6) is 0.912. The quantitative estimate of drug-likeness (QED) is 0.528. The molecule has 1 unspecified atom stereocenters. The van der Waals surface area contributed by atoms with Crippen LogP contribution in [0.1, 0.15) is 19.3 Å². The second-order valence-electron chi connectivity index (χ2n) is 8.08. The number of anilines is 1. The number of hydrogen-bond acceptors (Lipinski definition) is 10. The highest BCUT2D eigenvalue weighted by atomic mass is 32.2. The van der Waals surface area contributed by atoms with Crippen LogP contribution in [0.25, 0.3) is 17.2 Å². The number of nitrogens with zero attached hydrogens (tertiary/aromatic N) is 7. The van der Waals surface area contributed by atoms with E-state index < -0.39 is 15.9 Å². The zero-order valence-electron chi connectivity index (χ0n) is 16.9. The monoisotopic (exact) mass is 443 g/mol. The number of sulfone groups is 1. The van der Waals surface area contributed by atoms with Crippen LogP contribution in [0, 0.1) is 5.41 Å². The lowest BCUT2D eigenvalue weighted by molar-refractivity contribution is -0.142. The average molecular weight is 443 g/mol. The van der Waals surface area contributed by atoms with Gasteiger partial charge in [0.1, 0.15) is 21.6 Å². The number of esters is 1. The fourth-order valence-electron chi connectivity index (χ4n) is 4.56. The summed E-state index contributed by atoms with van der Waals surface area (Å²) >= 11 is 0. The van der Waals surface area contributed by atoms with Crippen molar-refractivity contribution in [3.05, 3.63) is 31.0 Å². The summed E-state index contributed by atoms with van der Waals surface area (Å²) < 4.78 is 30.8. The van der Waals surface area contributed by atoms with Gasteiger partial charge in [0.2, 0.25) is 5.65 Å². The first-order chi connectivity index (χ1) is 14.9. The van der Waals surface area contributed by atoms with Gasteiger partial charge in [-0.05, 0) is 24.7 Å². The van der Waals surface area contributed by atoms with Gasteiger partial charge in [0.25, 0.3) is 0 Å². The molecule has 0 saturated carbocycles. The molecule has 0 N–H and O–H groups in total. The van der Waals surface area contributed by atoms with Gasteiger partial charge in [0.05, 0.1) is 24.8 Å². The van der Waals surface area contributed by atoms with E-state index in [9.17, 15) is 13.2 Å². The van der Waals surface area contributed by atoms with Crippen molar-refractivity contribution in [2.75, 3.05) is 30.1 Å². The van der Waals surface area contributed by atoms with Crippen LogP contribution in [0.15, 0.2) is 31.0 Å². The van der Waals surface area contributed by atoms with Crippen LogP contribution in [0.2, 0.25) is 0 Å². The van der Waals surface area contributed by atoms with Crippen molar-refractivity contribution >= 4 is 27.3 Å². The minimum atomic E-state index is -3.02. The van der Waals surface area contributed by atoms with E-state index in [4.69, 9.17) is 4.74 Å². The fraction of sp³-hybridized carbons (Fsp3) is 0.474. The summed E-state index contributed by atoms with van der Waals surface area (Å²) in [6.07, 6.45) is 9.65. The maximum absolute atomic E-state index is 12.6. The van der Waals surface area contributed by atoms with Crippen LogP contribution in [-0.4, -0.2) is 75.1 Å². The molecule has 31 heavy (non-hydrogen) atoms. The molecule has 0 bridgehead atoms. The molecule has 2 saturated heterocycles. The Labute approximate surface area is 178 Å². The molecular weight excluding hydrogens is 422 g/mol. The lowest BCUT2D eigenvalue weighted by Crippen LogP contribution is -2.38. The lowest BCUT2D eigenvalue weighted by Gasteiger charge is -2.32. The second-order valence-corrected chi connectivity index (χ2v) is 10.4. The summed E-state index contributed by atoms with van der Waals surface area (Å²) in [7, 11) is -1.67. The van der Waals surface area contributed by atoms with Crippen LogP contribution >= 0.6 is 0 Å². The topological polar surface area (TPSA) is 133 Å². The third-order valence-corrected chi connectivity index (χ3v) is 7.89. The predicted octanol–water partition coefficient (Wildman–Crippen LogP) is 0.528. The van der Waals surface area contributed by atoms with Crippen molar-refractivity contribution in [1.82, 2.24) is 29.5 Å². The van der Waals surface area contributed by atoms with E-state index in [0.717, 1.165) is 0 Å². The molecule has 11 nitrogen and oxygen atoms in total. The number of hydrogen-bond donors (Lipinski definition) is 0. The Bertz CT molecular complexity index is 1230. The number of fused-ring (bicyclic) bond motifs is 1. The van der Waals surface area contributed by atoms with Gasteiger partial charge in [-0.1, -0.05) is 0 Å². The molecule has 3 aromatic heterocycles. The molecule has 0 aliphatic carbocycles.